The van der Waals surface area contributed by atoms with Crippen LogP contribution in [0.15, 0.2) is 48.5 Å². The zero-order chi connectivity index (χ0) is 20.1. The van der Waals surface area contributed by atoms with Crippen molar-refractivity contribution in [3.63, 3.8) is 0 Å². The Morgan fingerprint density at radius 3 is 1.31 bits per heavy atom. The van der Waals surface area contributed by atoms with Gasteiger partial charge in [0.15, 0.2) is 0 Å². The number of hydrogen-bond donors (Lipinski definition) is 0. The van der Waals surface area contributed by atoms with E-state index in [1.165, 1.54) is 12.1 Å². The molecular formula is C23H30F2N4. The van der Waals surface area contributed by atoms with E-state index in [1.807, 2.05) is 24.3 Å². The van der Waals surface area contributed by atoms with Gasteiger partial charge in [0.05, 0.1) is 11.4 Å². The van der Waals surface area contributed by atoms with Crippen LogP contribution in [-0.4, -0.2) is 75.2 Å². The average Bonchev–Trinajstić information content (AvgIpc) is 2.76. The Hall–Kier alpha value is -2.18. The van der Waals surface area contributed by atoms with Crippen LogP contribution in [0.3, 0.4) is 0 Å². The van der Waals surface area contributed by atoms with Crippen LogP contribution < -0.4 is 9.80 Å². The number of hydrogen-bond acceptors (Lipinski definition) is 4. The van der Waals surface area contributed by atoms with E-state index in [0.29, 0.717) is 0 Å². The first-order chi connectivity index (χ1) is 14.2. The summed E-state index contributed by atoms with van der Waals surface area (Å²) in [4.78, 5) is 9.25. The molecule has 2 aliphatic rings. The molecule has 2 fully saturated rings. The van der Waals surface area contributed by atoms with E-state index in [9.17, 15) is 8.78 Å². The molecule has 2 aromatic carbocycles. The van der Waals surface area contributed by atoms with Crippen LogP contribution in [0.25, 0.3) is 0 Å². The second kappa shape index (κ2) is 9.55. The molecule has 29 heavy (non-hydrogen) atoms. The fourth-order valence-corrected chi connectivity index (χ4v) is 4.36. The molecule has 0 spiro atoms. The summed E-state index contributed by atoms with van der Waals surface area (Å²) in [6, 6.07) is 14.1. The Bertz CT molecular complexity index is 718. The number of anilines is 2. The predicted octanol–water partition coefficient (Wildman–Crippen LogP) is 3.30. The van der Waals surface area contributed by atoms with Crippen molar-refractivity contribution in [3.05, 3.63) is 60.2 Å². The van der Waals surface area contributed by atoms with Gasteiger partial charge >= 0.3 is 0 Å². The molecule has 2 aromatic rings. The zero-order valence-corrected chi connectivity index (χ0v) is 16.9. The maximum absolute atomic E-state index is 14.0. The molecule has 0 N–H and O–H groups in total. The standard InChI is InChI=1S/C23H30F2N4/c24-20-6-1-3-8-22(20)28-16-12-26(13-17-28)10-5-11-27-14-18-29(19-15-27)23-9-4-2-7-21(23)25/h1-4,6-9H,5,10-19H2. The fourth-order valence-electron chi connectivity index (χ4n) is 4.36. The van der Waals surface area contributed by atoms with Crippen molar-refractivity contribution in [2.75, 3.05) is 75.2 Å². The molecule has 2 aliphatic heterocycles. The van der Waals surface area contributed by atoms with E-state index in [0.717, 1.165) is 83.2 Å². The van der Waals surface area contributed by atoms with Crippen molar-refractivity contribution in [2.45, 2.75) is 6.42 Å². The molecule has 0 amide bonds. The number of piperazine rings is 2. The molecular weight excluding hydrogens is 370 g/mol. The van der Waals surface area contributed by atoms with Gasteiger partial charge in [-0.15, -0.1) is 0 Å². The molecule has 4 rings (SSSR count). The molecule has 4 nitrogen and oxygen atoms in total. The van der Waals surface area contributed by atoms with Crippen LogP contribution in [0.5, 0.6) is 0 Å². The summed E-state index contributed by atoms with van der Waals surface area (Å²) in [7, 11) is 0. The molecule has 156 valence electrons. The minimum atomic E-state index is -0.129. The van der Waals surface area contributed by atoms with E-state index in [1.54, 1.807) is 12.1 Å². The topological polar surface area (TPSA) is 13.0 Å². The SMILES string of the molecule is Fc1ccccc1N1CCN(CCCN2CCN(c3ccccc3F)CC2)CC1. The quantitative estimate of drug-likeness (QED) is 0.738. The Morgan fingerprint density at radius 1 is 0.552 bits per heavy atom. The summed E-state index contributed by atoms with van der Waals surface area (Å²) >= 11 is 0. The molecule has 6 heteroatoms. The normalized spacial score (nSPS) is 19.0. The van der Waals surface area contributed by atoms with Crippen LogP contribution in [0, 0.1) is 11.6 Å². The molecule has 0 bridgehead atoms. The highest BCUT2D eigenvalue weighted by molar-refractivity contribution is 5.48. The van der Waals surface area contributed by atoms with Gasteiger partial charge in [0, 0.05) is 52.4 Å². The number of nitrogens with zero attached hydrogens (tertiary/aromatic N) is 4. The molecule has 0 saturated carbocycles. The summed E-state index contributed by atoms with van der Waals surface area (Å²) in [6.45, 7) is 9.60. The van der Waals surface area contributed by atoms with E-state index in [2.05, 4.69) is 19.6 Å². The fraction of sp³-hybridized carbons (Fsp3) is 0.478. The number of rotatable bonds is 6. The van der Waals surface area contributed by atoms with Gasteiger partial charge in [-0.3, -0.25) is 9.80 Å². The van der Waals surface area contributed by atoms with Crippen molar-refractivity contribution in [3.8, 4) is 0 Å². The molecule has 0 aliphatic carbocycles. The number of benzene rings is 2. The van der Waals surface area contributed by atoms with Gasteiger partial charge in [0.25, 0.3) is 0 Å². The second-order valence-electron chi connectivity index (χ2n) is 7.91. The predicted molar refractivity (Wildman–Crippen MR) is 115 cm³/mol. The number of halogens is 2. The monoisotopic (exact) mass is 400 g/mol. The van der Waals surface area contributed by atoms with Crippen molar-refractivity contribution in [1.82, 2.24) is 9.80 Å². The smallest absolute Gasteiger partial charge is 0.146 e. The highest BCUT2D eigenvalue weighted by Gasteiger charge is 2.21. The van der Waals surface area contributed by atoms with Gasteiger partial charge in [-0.05, 0) is 43.8 Å². The molecule has 0 unspecified atom stereocenters. The third kappa shape index (κ3) is 5.06. The van der Waals surface area contributed by atoms with Crippen LogP contribution in [0.1, 0.15) is 6.42 Å². The minimum Gasteiger partial charge on any atom is -0.367 e. The lowest BCUT2D eigenvalue weighted by molar-refractivity contribution is 0.212. The van der Waals surface area contributed by atoms with Crippen LogP contribution in [-0.2, 0) is 0 Å². The lowest BCUT2D eigenvalue weighted by Crippen LogP contribution is -2.49. The van der Waals surface area contributed by atoms with Crippen molar-refractivity contribution in [2.24, 2.45) is 0 Å². The molecule has 0 radical (unpaired) electrons. The van der Waals surface area contributed by atoms with Crippen LogP contribution in [0.4, 0.5) is 20.2 Å². The summed E-state index contributed by atoms with van der Waals surface area (Å²) in [6.07, 6.45) is 1.14. The lowest BCUT2D eigenvalue weighted by Gasteiger charge is -2.38. The van der Waals surface area contributed by atoms with Gasteiger partial charge in [-0.2, -0.15) is 0 Å². The Kier molecular flexibility index (Phi) is 6.62. The Labute approximate surface area is 172 Å². The summed E-state index contributed by atoms with van der Waals surface area (Å²) in [5.41, 5.74) is 1.44. The largest absolute Gasteiger partial charge is 0.367 e. The average molecular weight is 401 g/mol. The first kappa shape index (κ1) is 20.1. The third-order valence-corrected chi connectivity index (χ3v) is 6.08. The Morgan fingerprint density at radius 2 is 0.931 bits per heavy atom. The highest BCUT2D eigenvalue weighted by atomic mass is 19.1. The van der Waals surface area contributed by atoms with Gasteiger partial charge in [0.1, 0.15) is 11.6 Å². The van der Waals surface area contributed by atoms with Crippen LogP contribution in [0.2, 0.25) is 0 Å². The Balaban J connectivity index is 1.15. The summed E-state index contributed by atoms with van der Waals surface area (Å²) in [5, 5.41) is 0. The first-order valence-corrected chi connectivity index (χ1v) is 10.6. The maximum atomic E-state index is 14.0. The zero-order valence-electron chi connectivity index (χ0n) is 16.9. The van der Waals surface area contributed by atoms with E-state index in [4.69, 9.17) is 0 Å². The van der Waals surface area contributed by atoms with Crippen molar-refractivity contribution in [1.29, 1.82) is 0 Å². The first-order valence-electron chi connectivity index (χ1n) is 10.6. The minimum absolute atomic E-state index is 0.129. The molecule has 2 saturated heterocycles. The van der Waals surface area contributed by atoms with Gasteiger partial charge in [-0.25, -0.2) is 8.78 Å². The van der Waals surface area contributed by atoms with E-state index in [-0.39, 0.29) is 11.6 Å². The van der Waals surface area contributed by atoms with E-state index >= 15 is 0 Å². The molecule has 0 aromatic heterocycles. The van der Waals surface area contributed by atoms with E-state index < -0.39 is 0 Å². The lowest BCUT2D eigenvalue weighted by atomic mass is 10.2. The highest BCUT2D eigenvalue weighted by Crippen LogP contribution is 2.21. The van der Waals surface area contributed by atoms with Gasteiger partial charge < -0.3 is 9.80 Å². The van der Waals surface area contributed by atoms with Gasteiger partial charge in [-0.1, -0.05) is 24.3 Å². The van der Waals surface area contributed by atoms with Gasteiger partial charge in [0.2, 0.25) is 0 Å². The second-order valence-corrected chi connectivity index (χ2v) is 7.91. The summed E-state index contributed by atoms with van der Waals surface area (Å²) in [5.74, 6) is -0.258. The maximum Gasteiger partial charge on any atom is 0.146 e. The number of para-hydroxylation sites is 2. The van der Waals surface area contributed by atoms with Crippen LogP contribution >= 0.6 is 0 Å². The molecule has 2 heterocycles. The van der Waals surface area contributed by atoms with Crippen molar-refractivity contribution >= 4 is 11.4 Å². The third-order valence-electron chi connectivity index (χ3n) is 6.08. The summed E-state index contributed by atoms with van der Waals surface area (Å²) < 4.78 is 27.9. The van der Waals surface area contributed by atoms with Crippen molar-refractivity contribution < 1.29 is 8.78 Å². The molecule has 0 atom stereocenters.